The Labute approximate surface area is 95.7 Å². The summed E-state index contributed by atoms with van der Waals surface area (Å²) in [4.78, 5) is 9.72. The molecule has 0 heterocycles. The topological polar surface area (TPSA) is 37.3 Å². The zero-order valence-electron chi connectivity index (χ0n) is 9.65. The highest BCUT2D eigenvalue weighted by molar-refractivity contribution is 8.00. The van der Waals surface area contributed by atoms with Crippen LogP contribution in [0.25, 0.3) is 0 Å². The molecule has 0 amide bonds. The molecule has 84 valence electrons. The van der Waals surface area contributed by atoms with E-state index in [1.54, 1.807) is 0 Å². The molecule has 0 aromatic heterocycles. The molecule has 0 spiro atoms. The summed E-state index contributed by atoms with van der Waals surface area (Å²) in [5.74, 6) is 0. The molecule has 0 fully saturated rings. The average molecular weight is 226 g/mol. The molecule has 1 rings (SSSR count). The van der Waals surface area contributed by atoms with Crippen LogP contribution in [0.5, 0.6) is 0 Å². The predicted molar refractivity (Wildman–Crippen MR) is 65.5 cm³/mol. The van der Waals surface area contributed by atoms with E-state index in [1.807, 2.05) is 11.8 Å². The SMILES string of the molecule is Cc1ccc(SC(C)(C)C)cc1.O=CO. The lowest BCUT2D eigenvalue weighted by Gasteiger charge is -2.17. The van der Waals surface area contributed by atoms with Crippen LogP contribution < -0.4 is 0 Å². The van der Waals surface area contributed by atoms with E-state index in [0.717, 1.165) is 0 Å². The zero-order chi connectivity index (χ0) is 11.9. The monoisotopic (exact) mass is 226 g/mol. The fraction of sp³-hybridized carbons (Fsp3) is 0.417. The van der Waals surface area contributed by atoms with Gasteiger partial charge in [-0.3, -0.25) is 4.79 Å². The standard InChI is InChI=1S/C11H16S.CH2O2/c1-9-5-7-10(8-6-9)12-11(2,3)4;2-1-3/h5-8H,1-4H3;1H,(H,2,3). The summed E-state index contributed by atoms with van der Waals surface area (Å²) in [6.07, 6.45) is 0. The first-order chi connectivity index (χ1) is 6.89. The highest BCUT2D eigenvalue weighted by atomic mass is 32.2. The van der Waals surface area contributed by atoms with Crippen molar-refractivity contribution in [1.29, 1.82) is 0 Å². The fourth-order valence-electron chi connectivity index (χ4n) is 0.960. The maximum absolute atomic E-state index is 8.36. The largest absolute Gasteiger partial charge is 0.483 e. The minimum atomic E-state index is -0.250. The summed E-state index contributed by atoms with van der Waals surface area (Å²) in [5.41, 5.74) is 1.33. The van der Waals surface area contributed by atoms with E-state index < -0.39 is 0 Å². The number of hydrogen-bond acceptors (Lipinski definition) is 2. The van der Waals surface area contributed by atoms with Crippen molar-refractivity contribution in [2.75, 3.05) is 0 Å². The van der Waals surface area contributed by atoms with E-state index in [0.29, 0.717) is 4.75 Å². The van der Waals surface area contributed by atoms with Crippen LogP contribution in [-0.2, 0) is 4.79 Å². The number of hydrogen-bond donors (Lipinski definition) is 1. The van der Waals surface area contributed by atoms with Crippen molar-refractivity contribution in [3.05, 3.63) is 29.8 Å². The quantitative estimate of drug-likeness (QED) is 0.587. The summed E-state index contributed by atoms with van der Waals surface area (Å²) in [6, 6.07) is 8.69. The number of aryl methyl sites for hydroxylation is 1. The molecule has 2 nitrogen and oxygen atoms in total. The van der Waals surface area contributed by atoms with Crippen LogP contribution in [0.15, 0.2) is 29.2 Å². The highest BCUT2D eigenvalue weighted by Crippen LogP contribution is 2.31. The number of benzene rings is 1. The highest BCUT2D eigenvalue weighted by Gasteiger charge is 2.11. The minimum absolute atomic E-state index is 0.250. The number of carbonyl (C=O) groups is 1. The summed E-state index contributed by atoms with van der Waals surface area (Å²) in [7, 11) is 0. The Hall–Kier alpha value is -0.960. The van der Waals surface area contributed by atoms with E-state index >= 15 is 0 Å². The first-order valence-corrected chi connectivity index (χ1v) is 5.54. The van der Waals surface area contributed by atoms with Gasteiger partial charge in [0.2, 0.25) is 0 Å². The van der Waals surface area contributed by atoms with Crippen molar-refractivity contribution in [3.63, 3.8) is 0 Å². The maximum atomic E-state index is 8.36. The first kappa shape index (κ1) is 14.0. The summed E-state index contributed by atoms with van der Waals surface area (Å²) in [6.45, 7) is 8.57. The third-order valence-corrected chi connectivity index (χ3v) is 2.57. The van der Waals surface area contributed by atoms with Crippen LogP contribution in [0.3, 0.4) is 0 Å². The molecule has 0 bridgehead atoms. The van der Waals surface area contributed by atoms with Gasteiger partial charge >= 0.3 is 0 Å². The van der Waals surface area contributed by atoms with Gasteiger partial charge < -0.3 is 5.11 Å². The van der Waals surface area contributed by atoms with Crippen molar-refractivity contribution in [2.45, 2.75) is 37.3 Å². The molecule has 0 atom stereocenters. The zero-order valence-corrected chi connectivity index (χ0v) is 10.5. The molecule has 15 heavy (non-hydrogen) atoms. The molecule has 1 aromatic carbocycles. The Morgan fingerprint density at radius 2 is 1.60 bits per heavy atom. The Morgan fingerprint density at radius 1 is 1.20 bits per heavy atom. The molecule has 3 heteroatoms. The van der Waals surface area contributed by atoms with Gasteiger partial charge in [0, 0.05) is 9.64 Å². The fourth-order valence-corrected chi connectivity index (χ4v) is 1.94. The van der Waals surface area contributed by atoms with E-state index in [-0.39, 0.29) is 6.47 Å². The van der Waals surface area contributed by atoms with Crippen LogP contribution >= 0.6 is 11.8 Å². The number of rotatable bonds is 1. The lowest BCUT2D eigenvalue weighted by Crippen LogP contribution is -2.06. The van der Waals surface area contributed by atoms with E-state index in [1.165, 1.54) is 10.5 Å². The van der Waals surface area contributed by atoms with Crippen molar-refractivity contribution in [1.82, 2.24) is 0 Å². The molecule has 0 unspecified atom stereocenters. The van der Waals surface area contributed by atoms with E-state index in [9.17, 15) is 0 Å². The van der Waals surface area contributed by atoms with Crippen LogP contribution in [0.2, 0.25) is 0 Å². The van der Waals surface area contributed by atoms with Gasteiger partial charge in [0.15, 0.2) is 0 Å². The van der Waals surface area contributed by atoms with Gasteiger partial charge in [-0.2, -0.15) is 0 Å². The van der Waals surface area contributed by atoms with Gasteiger partial charge in [0.25, 0.3) is 6.47 Å². The van der Waals surface area contributed by atoms with Crippen molar-refractivity contribution in [2.24, 2.45) is 0 Å². The summed E-state index contributed by atoms with van der Waals surface area (Å²) in [5, 5.41) is 6.89. The lowest BCUT2D eigenvalue weighted by molar-refractivity contribution is -0.122. The Kier molecular flexibility index (Phi) is 6.09. The molecular formula is C12H18O2S. The predicted octanol–water partition coefficient (Wildman–Crippen LogP) is 3.59. The molecule has 1 aromatic rings. The van der Waals surface area contributed by atoms with Gasteiger partial charge in [-0.1, -0.05) is 38.5 Å². The second-order valence-corrected chi connectivity index (χ2v) is 6.03. The Balaban J connectivity index is 0.000000583. The summed E-state index contributed by atoms with van der Waals surface area (Å²) >= 11 is 1.91. The molecule has 0 aliphatic carbocycles. The number of thioether (sulfide) groups is 1. The molecule has 0 aliphatic heterocycles. The van der Waals surface area contributed by atoms with Gasteiger partial charge in [0.1, 0.15) is 0 Å². The first-order valence-electron chi connectivity index (χ1n) is 4.72. The third-order valence-electron chi connectivity index (χ3n) is 1.45. The van der Waals surface area contributed by atoms with Crippen LogP contribution in [0, 0.1) is 6.92 Å². The molecular weight excluding hydrogens is 208 g/mol. The normalized spacial score (nSPS) is 10.1. The smallest absolute Gasteiger partial charge is 0.290 e. The third kappa shape index (κ3) is 8.06. The second kappa shape index (κ2) is 6.51. The van der Waals surface area contributed by atoms with E-state index in [4.69, 9.17) is 9.90 Å². The average Bonchev–Trinajstić information content (AvgIpc) is 2.08. The van der Waals surface area contributed by atoms with Gasteiger partial charge in [0.05, 0.1) is 0 Å². The van der Waals surface area contributed by atoms with Crippen LogP contribution in [0.1, 0.15) is 26.3 Å². The van der Waals surface area contributed by atoms with Gasteiger partial charge in [-0.05, 0) is 19.1 Å². The van der Waals surface area contributed by atoms with E-state index in [2.05, 4.69) is 52.0 Å². The van der Waals surface area contributed by atoms with Crippen LogP contribution in [-0.4, -0.2) is 16.3 Å². The molecule has 0 saturated heterocycles. The molecule has 0 radical (unpaired) electrons. The number of carboxylic acid groups (broad SMARTS) is 1. The van der Waals surface area contributed by atoms with Crippen molar-refractivity contribution in [3.8, 4) is 0 Å². The Bertz CT molecular complexity index is 285. The lowest BCUT2D eigenvalue weighted by atomic mass is 10.2. The second-order valence-electron chi connectivity index (χ2n) is 4.13. The molecule has 1 N–H and O–H groups in total. The van der Waals surface area contributed by atoms with Crippen molar-refractivity contribution >= 4 is 18.2 Å². The Morgan fingerprint density at radius 3 is 1.93 bits per heavy atom. The van der Waals surface area contributed by atoms with Gasteiger partial charge in [-0.15, -0.1) is 11.8 Å². The molecule has 0 saturated carbocycles. The van der Waals surface area contributed by atoms with Crippen molar-refractivity contribution < 1.29 is 9.90 Å². The molecule has 0 aliphatic rings. The van der Waals surface area contributed by atoms with Crippen LogP contribution in [0.4, 0.5) is 0 Å². The summed E-state index contributed by atoms with van der Waals surface area (Å²) < 4.78 is 0.315. The van der Waals surface area contributed by atoms with Gasteiger partial charge in [-0.25, -0.2) is 0 Å². The minimum Gasteiger partial charge on any atom is -0.483 e. The maximum Gasteiger partial charge on any atom is 0.290 e.